The van der Waals surface area contributed by atoms with Crippen LogP contribution in [0.1, 0.15) is 54.4 Å². The second-order valence-electron chi connectivity index (χ2n) is 14.0. The zero-order valence-corrected chi connectivity index (χ0v) is 30.3. The molecule has 4 N–H and O–H groups in total. The van der Waals surface area contributed by atoms with E-state index in [-0.39, 0.29) is 47.1 Å². The molecule has 1 heterocycles. The van der Waals surface area contributed by atoms with E-state index in [1.54, 1.807) is 36.4 Å². The molecule has 0 spiro atoms. The van der Waals surface area contributed by atoms with Gasteiger partial charge in [-0.3, -0.25) is 19.4 Å². The monoisotopic (exact) mass is 718 g/mol. The lowest BCUT2D eigenvalue weighted by atomic mass is 9.77. The van der Waals surface area contributed by atoms with Crippen molar-refractivity contribution in [2.24, 2.45) is 28.5 Å². The van der Waals surface area contributed by atoms with Crippen molar-refractivity contribution in [1.29, 1.82) is 0 Å². The summed E-state index contributed by atoms with van der Waals surface area (Å²) < 4.78 is 26.8. The molecule has 4 aromatic rings. The van der Waals surface area contributed by atoms with Gasteiger partial charge in [-0.1, -0.05) is 60.7 Å². The first-order chi connectivity index (χ1) is 25.1. The Balaban J connectivity index is 1.21. The van der Waals surface area contributed by atoms with E-state index in [0.29, 0.717) is 36.8 Å². The fourth-order valence-electron chi connectivity index (χ4n) is 7.14. The summed E-state index contributed by atoms with van der Waals surface area (Å²) in [6, 6.07) is 29.7. The maximum atomic E-state index is 13.9. The second-order valence-corrected chi connectivity index (χ2v) is 16.1. The molecule has 270 valence electrons. The summed E-state index contributed by atoms with van der Waals surface area (Å²) in [6.07, 6.45) is 4.29. The largest absolute Gasteiger partial charge is 0.330 e. The number of nitrogens with one attached hydrogen (secondary N) is 2. The van der Waals surface area contributed by atoms with E-state index in [1.165, 1.54) is 0 Å². The van der Waals surface area contributed by atoms with Gasteiger partial charge in [-0.15, -0.1) is 0 Å². The van der Waals surface area contributed by atoms with Gasteiger partial charge in [0, 0.05) is 29.5 Å². The molecule has 1 fully saturated rings. The number of sulfone groups is 1. The number of anilines is 1. The number of aliphatic imine (C=N–C) groups is 1. The Morgan fingerprint density at radius 1 is 0.885 bits per heavy atom. The van der Waals surface area contributed by atoms with Crippen molar-refractivity contribution >= 4 is 39.0 Å². The van der Waals surface area contributed by atoms with E-state index in [1.807, 2.05) is 67.6 Å². The van der Waals surface area contributed by atoms with Crippen LogP contribution in [0.4, 0.5) is 5.69 Å². The van der Waals surface area contributed by atoms with Crippen LogP contribution < -0.4 is 16.4 Å². The number of amidine groups is 1. The van der Waals surface area contributed by atoms with E-state index in [4.69, 9.17) is 5.73 Å². The van der Waals surface area contributed by atoms with Crippen LogP contribution in [0.3, 0.4) is 0 Å². The van der Waals surface area contributed by atoms with Gasteiger partial charge in [0.15, 0.2) is 9.84 Å². The second kappa shape index (κ2) is 16.6. The molecular formula is C42H46N4O5S. The van der Waals surface area contributed by atoms with Gasteiger partial charge in [-0.2, -0.15) is 0 Å². The van der Waals surface area contributed by atoms with Crippen LogP contribution in [0.5, 0.6) is 0 Å². The summed E-state index contributed by atoms with van der Waals surface area (Å²) in [7, 11) is -3.54. The third-order valence-electron chi connectivity index (χ3n) is 10.3. The normalized spacial score (nSPS) is 18.0. The lowest BCUT2D eigenvalue weighted by Gasteiger charge is -2.28. The zero-order valence-electron chi connectivity index (χ0n) is 29.5. The number of amides is 2. The molecule has 9 nitrogen and oxygen atoms in total. The zero-order chi connectivity index (χ0) is 36.7. The van der Waals surface area contributed by atoms with Crippen molar-refractivity contribution in [3.05, 3.63) is 119 Å². The summed E-state index contributed by atoms with van der Waals surface area (Å²) >= 11 is 0. The molecular weight excluding hydrogens is 673 g/mol. The molecule has 6 rings (SSSR count). The Kier molecular flexibility index (Phi) is 11.8. The van der Waals surface area contributed by atoms with Gasteiger partial charge < -0.3 is 16.4 Å². The molecule has 0 aromatic heterocycles. The molecule has 4 aromatic carbocycles. The number of nitrogens with two attached hydrogens (primary N) is 1. The predicted molar refractivity (Wildman–Crippen MR) is 205 cm³/mol. The molecule has 0 radical (unpaired) electrons. The molecule has 1 aliphatic carbocycles. The highest BCUT2D eigenvalue weighted by molar-refractivity contribution is 7.91. The smallest absolute Gasteiger partial charge is 0.247 e. The first kappa shape index (κ1) is 36.8. The molecule has 2 amide bonds. The van der Waals surface area contributed by atoms with Crippen LogP contribution in [0, 0.1) is 24.7 Å². The van der Waals surface area contributed by atoms with E-state index >= 15 is 0 Å². The highest BCUT2D eigenvalue weighted by atomic mass is 32.2. The number of carbonyl (C=O) groups excluding carboxylic acids is 3. The molecule has 1 saturated carbocycles. The molecule has 0 bridgehead atoms. The van der Waals surface area contributed by atoms with Gasteiger partial charge >= 0.3 is 0 Å². The summed E-state index contributed by atoms with van der Waals surface area (Å²) in [5.74, 6) is -0.0738. The maximum absolute atomic E-state index is 13.9. The van der Waals surface area contributed by atoms with Gasteiger partial charge in [-0.05, 0) is 122 Å². The number of carbonyl (C=O) groups is 3. The number of ketones is 1. The van der Waals surface area contributed by atoms with E-state index in [2.05, 4.69) is 15.6 Å². The van der Waals surface area contributed by atoms with Crippen LogP contribution in [0.25, 0.3) is 11.1 Å². The van der Waals surface area contributed by atoms with Gasteiger partial charge in [0.25, 0.3) is 0 Å². The molecule has 0 unspecified atom stereocenters. The molecule has 1 atom stereocenters. The summed E-state index contributed by atoms with van der Waals surface area (Å²) in [5, 5.41) is 5.74. The molecule has 2 aliphatic rings. The fraction of sp³-hybridized carbons (Fsp3) is 0.333. The molecule has 52 heavy (non-hydrogen) atoms. The predicted octanol–water partition coefficient (Wildman–Crippen LogP) is 6.08. The quantitative estimate of drug-likeness (QED) is 0.144. The third kappa shape index (κ3) is 9.29. The minimum Gasteiger partial charge on any atom is -0.330 e. The number of hydrogen-bond acceptors (Lipinski definition) is 7. The fourth-order valence-corrected chi connectivity index (χ4v) is 8.45. The average molecular weight is 719 g/mol. The van der Waals surface area contributed by atoms with Crippen LogP contribution in [0.15, 0.2) is 107 Å². The van der Waals surface area contributed by atoms with E-state index in [9.17, 15) is 22.8 Å². The van der Waals surface area contributed by atoms with Crippen LogP contribution in [-0.4, -0.2) is 50.7 Å². The van der Waals surface area contributed by atoms with Crippen LogP contribution in [-0.2, 0) is 37.1 Å². The Morgan fingerprint density at radius 2 is 1.62 bits per heavy atom. The lowest BCUT2D eigenvalue weighted by Crippen LogP contribution is -2.31. The summed E-state index contributed by atoms with van der Waals surface area (Å²) in [4.78, 5) is 43.7. The number of nitrogens with zero attached hydrogens (tertiary/aromatic N) is 1. The highest BCUT2D eigenvalue weighted by Gasteiger charge is 2.30. The summed E-state index contributed by atoms with van der Waals surface area (Å²) in [6.45, 7) is 2.68. The van der Waals surface area contributed by atoms with Crippen molar-refractivity contribution < 1.29 is 22.8 Å². The Labute approximate surface area is 306 Å². The highest BCUT2D eigenvalue weighted by Crippen LogP contribution is 2.32. The topological polar surface area (TPSA) is 148 Å². The maximum Gasteiger partial charge on any atom is 0.247 e. The van der Waals surface area contributed by atoms with Crippen molar-refractivity contribution in [1.82, 2.24) is 5.32 Å². The number of hydrogen-bond donors (Lipinski definition) is 3. The average Bonchev–Trinajstić information content (AvgIpc) is 3.60. The Bertz CT molecular complexity index is 2050. The van der Waals surface area contributed by atoms with Gasteiger partial charge in [0.1, 0.15) is 18.2 Å². The Hall–Kier alpha value is -4.93. The number of aryl methyl sites for hydroxylation is 2. The van der Waals surface area contributed by atoms with Gasteiger partial charge in [0.05, 0.1) is 10.6 Å². The first-order valence-corrected chi connectivity index (χ1v) is 19.7. The first-order valence-electron chi connectivity index (χ1n) is 18.0. The number of Topliss-reactive ketones (excluding diaryl/α,β-unsaturated/α-hetero) is 1. The Morgan fingerprint density at radius 3 is 2.31 bits per heavy atom. The standard InChI is InChI=1S/C42H46N4O5S/c1-28-10-19-37(52(50,51)21-20-29-6-3-2-4-7-29)25-38(28)34-9-5-8-31(22-34)23-35(24-39(47)32-13-11-30(26-43)12-14-32)42(49)45-36-17-15-33(16-18-36)41-44-27-40(48)46-41/h2-10,15-19,22,25,30,32,35H,11-14,20-21,23-24,26-27,43H2,1H3,(H,45,49)(H,44,46,48)/t30?,32?,35-/m1/s1. The van der Waals surface area contributed by atoms with Crippen molar-refractivity contribution in [2.45, 2.75) is 56.8 Å². The minimum absolute atomic E-state index is 0.00624. The minimum atomic E-state index is -3.54. The van der Waals surface area contributed by atoms with Crippen LogP contribution in [0.2, 0.25) is 0 Å². The molecule has 1 aliphatic heterocycles. The number of rotatable bonds is 14. The van der Waals surface area contributed by atoms with E-state index < -0.39 is 15.8 Å². The lowest BCUT2D eigenvalue weighted by molar-refractivity contribution is -0.129. The van der Waals surface area contributed by atoms with E-state index in [0.717, 1.165) is 59.1 Å². The molecule has 0 saturated heterocycles. The molecule has 10 heteroatoms. The van der Waals surface area contributed by atoms with Gasteiger partial charge in [0.2, 0.25) is 11.8 Å². The van der Waals surface area contributed by atoms with Crippen LogP contribution >= 0.6 is 0 Å². The van der Waals surface area contributed by atoms with Crippen molar-refractivity contribution in [3.8, 4) is 11.1 Å². The van der Waals surface area contributed by atoms with Crippen molar-refractivity contribution in [3.63, 3.8) is 0 Å². The summed E-state index contributed by atoms with van der Waals surface area (Å²) in [5.41, 5.74) is 11.6. The van der Waals surface area contributed by atoms with Gasteiger partial charge in [-0.25, -0.2) is 8.42 Å². The van der Waals surface area contributed by atoms with Crippen molar-refractivity contribution in [2.75, 3.05) is 24.2 Å². The number of benzene rings is 4. The SMILES string of the molecule is Cc1ccc(S(=O)(=O)CCc2ccccc2)cc1-c1cccc(C[C@H](CC(=O)C2CCC(CN)CC2)C(=O)Nc2ccc(C3=NCC(=O)N3)cc2)c1. The third-order valence-corrected chi connectivity index (χ3v) is 12.0.